The van der Waals surface area contributed by atoms with E-state index in [-0.39, 0.29) is 6.03 Å². The first-order valence-corrected chi connectivity index (χ1v) is 11.0. The van der Waals surface area contributed by atoms with Crippen LogP contribution in [0.15, 0.2) is 84.9 Å². The number of anilines is 1. The summed E-state index contributed by atoms with van der Waals surface area (Å²) in [7, 11) is 0. The summed E-state index contributed by atoms with van der Waals surface area (Å²) in [5.74, 6) is 1.54. The van der Waals surface area contributed by atoms with Crippen molar-refractivity contribution in [2.75, 3.05) is 44.7 Å². The second kappa shape index (κ2) is 11.3. The third-order valence-electron chi connectivity index (χ3n) is 5.35. The van der Waals surface area contributed by atoms with Gasteiger partial charge in [-0.1, -0.05) is 48.5 Å². The van der Waals surface area contributed by atoms with E-state index in [0.29, 0.717) is 13.1 Å². The van der Waals surface area contributed by atoms with Gasteiger partial charge in [0.05, 0.1) is 13.2 Å². The Balaban J connectivity index is 1.44. The number of nitrogens with zero attached hydrogens (tertiary/aromatic N) is 2. The zero-order valence-corrected chi connectivity index (χ0v) is 18.2. The SMILES string of the molecule is O=C(Nc1ccccc1)N(CCN1CCOCC1)Cc1cccc(Oc2ccccc2)c1. The summed E-state index contributed by atoms with van der Waals surface area (Å²) in [6.45, 7) is 5.22. The largest absolute Gasteiger partial charge is 0.457 e. The maximum atomic E-state index is 13.1. The molecule has 0 atom stereocenters. The summed E-state index contributed by atoms with van der Waals surface area (Å²) in [5, 5.41) is 3.02. The Morgan fingerprint density at radius 1 is 0.906 bits per heavy atom. The summed E-state index contributed by atoms with van der Waals surface area (Å²) in [6.07, 6.45) is 0. The van der Waals surface area contributed by atoms with Crippen molar-refractivity contribution < 1.29 is 14.3 Å². The average molecular weight is 432 g/mol. The second-order valence-electron chi connectivity index (χ2n) is 7.73. The highest BCUT2D eigenvalue weighted by atomic mass is 16.5. The number of benzene rings is 3. The second-order valence-corrected chi connectivity index (χ2v) is 7.73. The van der Waals surface area contributed by atoms with Crippen LogP contribution in [-0.4, -0.2) is 55.2 Å². The number of rotatable bonds is 8. The van der Waals surface area contributed by atoms with Gasteiger partial charge in [0, 0.05) is 38.4 Å². The zero-order chi connectivity index (χ0) is 22.0. The molecule has 32 heavy (non-hydrogen) atoms. The molecule has 0 radical (unpaired) electrons. The Bertz CT molecular complexity index is 976. The summed E-state index contributed by atoms with van der Waals surface area (Å²) in [5.41, 5.74) is 1.80. The van der Waals surface area contributed by atoms with E-state index in [9.17, 15) is 4.79 Å². The quantitative estimate of drug-likeness (QED) is 0.554. The van der Waals surface area contributed by atoms with E-state index in [1.54, 1.807) is 0 Å². The molecule has 1 N–H and O–H groups in total. The standard InChI is InChI=1S/C26H29N3O3/c30-26(27-23-9-3-1-4-10-23)29(15-14-28-16-18-31-19-17-28)21-22-8-7-13-25(20-22)32-24-11-5-2-6-12-24/h1-13,20H,14-19,21H2,(H,27,30). The van der Waals surface area contributed by atoms with Gasteiger partial charge in [-0.2, -0.15) is 0 Å². The molecule has 0 bridgehead atoms. The predicted molar refractivity (Wildman–Crippen MR) is 126 cm³/mol. The molecule has 4 rings (SSSR count). The van der Waals surface area contributed by atoms with Crippen LogP contribution in [0.25, 0.3) is 0 Å². The molecule has 6 nitrogen and oxygen atoms in total. The van der Waals surface area contributed by atoms with Crippen LogP contribution in [0.3, 0.4) is 0 Å². The molecule has 0 spiro atoms. The number of hydrogen-bond acceptors (Lipinski definition) is 4. The van der Waals surface area contributed by atoms with Crippen molar-refractivity contribution in [3.63, 3.8) is 0 Å². The van der Waals surface area contributed by atoms with Crippen molar-refractivity contribution in [1.29, 1.82) is 0 Å². The minimum atomic E-state index is -0.112. The number of morpholine rings is 1. The lowest BCUT2D eigenvalue weighted by Gasteiger charge is -2.30. The molecule has 1 aliphatic rings. The lowest BCUT2D eigenvalue weighted by molar-refractivity contribution is 0.0349. The fraction of sp³-hybridized carbons (Fsp3) is 0.269. The van der Waals surface area contributed by atoms with Gasteiger partial charge in [0.15, 0.2) is 0 Å². The minimum absolute atomic E-state index is 0.112. The highest BCUT2D eigenvalue weighted by Crippen LogP contribution is 2.22. The van der Waals surface area contributed by atoms with Crippen molar-refractivity contribution >= 4 is 11.7 Å². The van der Waals surface area contributed by atoms with Crippen molar-refractivity contribution in [2.24, 2.45) is 0 Å². The maximum Gasteiger partial charge on any atom is 0.322 e. The van der Waals surface area contributed by atoms with Crippen LogP contribution in [-0.2, 0) is 11.3 Å². The lowest BCUT2D eigenvalue weighted by Crippen LogP contribution is -2.44. The van der Waals surface area contributed by atoms with Crippen LogP contribution >= 0.6 is 0 Å². The fourth-order valence-corrected chi connectivity index (χ4v) is 3.62. The topological polar surface area (TPSA) is 54.0 Å². The average Bonchev–Trinajstić information content (AvgIpc) is 2.84. The molecule has 2 amide bonds. The van der Waals surface area contributed by atoms with Crippen molar-refractivity contribution in [3.05, 3.63) is 90.5 Å². The normalized spacial score (nSPS) is 14.0. The highest BCUT2D eigenvalue weighted by molar-refractivity contribution is 5.89. The molecular formula is C26H29N3O3. The summed E-state index contributed by atoms with van der Waals surface area (Å²) < 4.78 is 11.4. The molecule has 0 unspecified atom stereocenters. The number of para-hydroxylation sites is 2. The molecule has 3 aromatic carbocycles. The molecule has 1 aliphatic heterocycles. The number of ether oxygens (including phenoxy) is 2. The highest BCUT2D eigenvalue weighted by Gasteiger charge is 2.18. The van der Waals surface area contributed by atoms with Gasteiger partial charge in [0.25, 0.3) is 0 Å². The maximum absolute atomic E-state index is 13.1. The summed E-state index contributed by atoms with van der Waals surface area (Å²) in [4.78, 5) is 17.3. The Morgan fingerprint density at radius 3 is 2.34 bits per heavy atom. The lowest BCUT2D eigenvalue weighted by atomic mass is 10.2. The first-order chi connectivity index (χ1) is 15.8. The van der Waals surface area contributed by atoms with E-state index in [1.807, 2.05) is 89.8 Å². The van der Waals surface area contributed by atoms with Crippen LogP contribution in [0.1, 0.15) is 5.56 Å². The van der Waals surface area contributed by atoms with Crippen LogP contribution < -0.4 is 10.1 Å². The van der Waals surface area contributed by atoms with Gasteiger partial charge in [-0.15, -0.1) is 0 Å². The number of carbonyl (C=O) groups excluding carboxylic acids is 1. The van der Waals surface area contributed by atoms with E-state index in [1.165, 1.54) is 0 Å². The van der Waals surface area contributed by atoms with Crippen LogP contribution in [0.5, 0.6) is 11.5 Å². The zero-order valence-electron chi connectivity index (χ0n) is 18.2. The van der Waals surface area contributed by atoms with Gasteiger partial charge in [0.1, 0.15) is 11.5 Å². The third kappa shape index (κ3) is 6.57. The van der Waals surface area contributed by atoms with E-state index >= 15 is 0 Å². The molecule has 0 saturated carbocycles. The molecule has 1 heterocycles. The summed E-state index contributed by atoms with van der Waals surface area (Å²) >= 11 is 0. The Kier molecular flexibility index (Phi) is 7.74. The van der Waals surface area contributed by atoms with Crippen molar-refractivity contribution in [1.82, 2.24) is 9.80 Å². The van der Waals surface area contributed by atoms with Crippen LogP contribution in [0.4, 0.5) is 10.5 Å². The first kappa shape index (κ1) is 21.9. The van der Waals surface area contributed by atoms with Crippen molar-refractivity contribution in [3.8, 4) is 11.5 Å². The monoisotopic (exact) mass is 431 g/mol. The third-order valence-corrected chi connectivity index (χ3v) is 5.35. The van der Waals surface area contributed by atoms with Crippen molar-refractivity contribution in [2.45, 2.75) is 6.54 Å². The van der Waals surface area contributed by atoms with Crippen LogP contribution in [0.2, 0.25) is 0 Å². The molecular weight excluding hydrogens is 402 g/mol. The fourth-order valence-electron chi connectivity index (χ4n) is 3.62. The summed E-state index contributed by atoms with van der Waals surface area (Å²) in [6, 6.07) is 27.0. The van der Waals surface area contributed by atoms with Gasteiger partial charge in [-0.05, 0) is 42.0 Å². The molecule has 166 valence electrons. The minimum Gasteiger partial charge on any atom is -0.457 e. The van der Waals surface area contributed by atoms with E-state index in [2.05, 4.69) is 10.2 Å². The molecule has 6 heteroatoms. The molecule has 3 aromatic rings. The number of nitrogens with one attached hydrogen (secondary N) is 1. The number of hydrogen-bond donors (Lipinski definition) is 1. The molecule has 1 fully saturated rings. The van der Waals surface area contributed by atoms with Gasteiger partial charge < -0.3 is 19.7 Å². The molecule has 0 aliphatic carbocycles. The van der Waals surface area contributed by atoms with Gasteiger partial charge in [0.2, 0.25) is 0 Å². The Hall–Kier alpha value is -3.35. The van der Waals surface area contributed by atoms with Crippen LogP contribution in [0, 0.1) is 0 Å². The van der Waals surface area contributed by atoms with Gasteiger partial charge in [-0.3, -0.25) is 4.90 Å². The Labute approximate surface area is 189 Å². The van der Waals surface area contributed by atoms with E-state index < -0.39 is 0 Å². The Morgan fingerprint density at radius 2 is 1.59 bits per heavy atom. The number of carbonyl (C=O) groups is 1. The van der Waals surface area contributed by atoms with E-state index in [0.717, 1.165) is 55.6 Å². The van der Waals surface area contributed by atoms with E-state index in [4.69, 9.17) is 9.47 Å². The molecule has 1 saturated heterocycles. The number of urea groups is 1. The predicted octanol–water partition coefficient (Wildman–Crippen LogP) is 4.85. The van der Waals surface area contributed by atoms with Gasteiger partial charge >= 0.3 is 6.03 Å². The molecule has 0 aromatic heterocycles. The smallest absolute Gasteiger partial charge is 0.322 e. The number of amides is 2. The van der Waals surface area contributed by atoms with Gasteiger partial charge in [-0.25, -0.2) is 4.79 Å². The first-order valence-electron chi connectivity index (χ1n) is 11.0.